The molecule has 0 heterocycles. The molecule has 0 spiro atoms. The summed E-state index contributed by atoms with van der Waals surface area (Å²) in [6, 6.07) is 18.9. The predicted molar refractivity (Wildman–Crippen MR) is 221 cm³/mol. The molecule has 0 aromatic heterocycles. The van der Waals surface area contributed by atoms with Crippen LogP contribution in [0.1, 0.15) is 153 Å². The minimum absolute atomic E-state index is 0. The molecule has 288 valence electrons. The predicted octanol–water partition coefficient (Wildman–Crippen LogP) is 11.6. The van der Waals surface area contributed by atoms with E-state index in [1.165, 1.54) is 49.7 Å². The molecule has 0 fully saturated rings. The van der Waals surface area contributed by atoms with Crippen LogP contribution in [0.2, 0.25) is 0 Å². The average Bonchev–Trinajstić information content (AvgIpc) is 3.11. The molecule has 0 aliphatic carbocycles. The molecular weight excluding hydrogens is 729 g/mol. The Morgan fingerprint density at radius 2 is 0.660 bits per heavy atom. The molecule has 0 aliphatic rings. The molecule has 0 radical (unpaired) electrons. The number of hydrogen-bond acceptors (Lipinski definition) is 6. The standard InChI is InChI=1S/2C22H32O3S.Ca/c2*1-3-5-7-9-13-18-17-19(14-10-8-6-4-2)22(26(23,24)25)21-16-12-11-15-20(18)21;/h2*11-12,15-17H,3-10,13-14H2,1-2H3,(H,23,24,25);/q;;+2/p-2. The summed E-state index contributed by atoms with van der Waals surface area (Å²) in [6.45, 7) is 8.69. The van der Waals surface area contributed by atoms with E-state index < -0.39 is 20.2 Å². The number of fused-ring (bicyclic) bond motifs is 2. The van der Waals surface area contributed by atoms with Gasteiger partial charge in [0.1, 0.15) is 20.2 Å². The maximum atomic E-state index is 12.0. The average molecular weight is 791 g/mol. The largest absolute Gasteiger partial charge is 2.00 e. The minimum Gasteiger partial charge on any atom is -0.744 e. The third-order valence-corrected chi connectivity index (χ3v) is 12.0. The van der Waals surface area contributed by atoms with Crippen molar-refractivity contribution in [2.75, 3.05) is 0 Å². The zero-order valence-corrected chi connectivity index (χ0v) is 36.7. The van der Waals surface area contributed by atoms with E-state index in [2.05, 4.69) is 27.7 Å². The molecule has 4 aromatic carbocycles. The van der Waals surface area contributed by atoms with Crippen molar-refractivity contribution in [1.29, 1.82) is 0 Å². The Hall–Kier alpha value is -1.52. The zero-order chi connectivity index (χ0) is 38.0. The molecule has 4 rings (SSSR count). The van der Waals surface area contributed by atoms with Gasteiger partial charge in [-0.15, -0.1) is 0 Å². The first kappa shape index (κ1) is 47.6. The SMILES string of the molecule is CCCCCCc1cc(CCCCCC)c2ccccc2c1S(=O)(=O)[O-].CCCCCCc1cc(CCCCCC)c2ccccc2c1S(=O)(=O)[O-].[Ca+2]. The topological polar surface area (TPSA) is 114 Å². The van der Waals surface area contributed by atoms with E-state index in [9.17, 15) is 25.9 Å². The van der Waals surface area contributed by atoms with E-state index in [1.54, 1.807) is 12.1 Å². The van der Waals surface area contributed by atoms with Crippen molar-refractivity contribution >= 4 is 79.5 Å². The number of aryl methyl sites for hydroxylation is 4. The maximum absolute atomic E-state index is 12.0. The van der Waals surface area contributed by atoms with E-state index in [1.807, 2.05) is 48.5 Å². The second-order valence-corrected chi connectivity index (χ2v) is 16.9. The van der Waals surface area contributed by atoms with Crippen LogP contribution in [0.25, 0.3) is 21.5 Å². The number of hydrogen-bond donors (Lipinski definition) is 0. The van der Waals surface area contributed by atoms with Gasteiger partial charge in [0.25, 0.3) is 0 Å². The van der Waals surface area contributed by atoms with Crippen molar-refractivity contribution in [3.8, 4) is 0 Å². The third-order valence-electron chi connectivity index (χ3n) is 10.0. The van der Waals surface area contributed by atoms with Crippen molar-refractivity contribution in [3.05, 3.63) is 82.9 Å². The van der Waals surface area contributed by atoms with Crippen LogP contribution in [0.5, 0.6) is 0 Å². The summed E-state index contributed by atoms with van der Waals surface area (Å²) in [5.41, 5.74) is 3.77. The molecule has 0 saturated heterocycles. The van der Waals surface area contributed by atoms with Crippen molar-refractivity contribution in [1.82, 2.24) is 0 Å². The normalized spacial score (nSPS) is 11.7. The monoisotopic (exact) mass is 790 g/mol. The Balaban J connectivity index is 0.000000360. The van der Waals surface area contributed by atoms with Crippen LogP contribution in [0.3, 0.4) is 0 Å². The van der Waals surface area contributed by atoms with Gasteiger partial charge in [-0.25, -0.2) is 16.8 Å². The summed E-state index contributed by atoms with van der Waals surface area (Å²) in [7, 11) is -9.00. The number of rotatable bonds is 22. The van der Waals surface area contributed by atoms with Gasteiger partial charge in [-0.1, -0.05) is 165 Å². The van der Waals surface area contributed by atoms with E-state index in [-0.39, 0.29) is 47.5 Å². The molecule has 9 heteroatoms. The van der Waals surface area contributed by atoms with Gasteiger partial charge in [0, 0.05) is 0 Å². The fourth-order valence-corrected chi connectivity index (χ4v) is 9.18. The Morgan fingerprint density at radius 1 is 0.396 bits per heavy atom. The van der Waals surface area contributed by atoms with Crippen LogP contribution >= 0.6 is 0 Å². The van der Waals surface area contributed by atoms with E-state index >= 15 is 0 Å². The molecule has 0 N–H and O–H groups in total. The fourth-order valence-electron chi connectivity index (χ4n) is 7.32. The molecule has 53 heavy (non-hydrogen) atoms. The van der Waals surface area contributed by atoms with Crippen molar-refractivity contribution in [3.63, 3.8) is 0 Å². The van der Waals surface area contributed by atoms with E-state index in [0.717, 1.165) is 87.8 Å². The quantitative estimate of drug-likeness (QED) is 0.0445. The van der Waals surface area contributed by atoms with E-state index in [4.69, 9.17) is 0 Å². The van der Waals surface area contributed by atoms with Gasteiger partial charge in [0.2, 0.25) is 0 Å². The summed E-state index contributed by atoms with van der Waals surface area (Å²) < 4.78 is 72.1. The Bertz CT molecular complexity index is 1770. The minimum atomic E-state index is -4.50. The van der Waals surface area contributed by atoms with E-state index in [0.29, 0.717) is 34.7 Å². The summed E-state index contributed by atoms with van der Waals surface area (Å²) in [4.78, 5) is 0.00353. The molecule has 0 saturated carbocycles. The van der Waals surface area contributed by atoms with Gasteiger partial charge >= 0.3 is 37.7 Å². The van der Waals surface area contributed by atoms with Crippen molar-refractivity contribution in [2.24, 2.45) is 0 Å². The van der Waals surface area contributed by atoms with Gasteiger partial charge < -0.3 is 9.11 Å². The number of benzene rings is 4. The second-order valence-electron chi connectivity index (χ2n) is 14.3. The Kier molecular flexibility index (Phi) is 22.4. The van der Waals surface area contributed by atoms with Gasteiger partial charge in [0.05, 0.1) is 9.79 Å². The van der Waals surface area contributed by atoms with Crippen LogP contribution in [0.15, 0.2) is 70.5 Å². The molecule has 0 aliphatic heterocycles. The Labute approximate surface area is 351 Å². The van der Waals surface area contributed by atoms with Crippen LogP contribution in [0.4, 0.5) is 0 Å². The summed E-state index contributed by atoms with van der Waals surface area (Å²) >= 11 is 0. The van der Waals surface area contributed by atoms with Gasteiger partial charge in [-0.05, 0) is 95.2 Å². The van der Waals surface area contributed by atoms with Crippen LogP contribution < -0.4 is 0 Å². The first-order chi connectivity index (χ1) is 25.0. The van der Waals surface area contributed by atoms with Crippen molar-refractivity contribution in [2.45, 2.75) is 166 Å². The van der Waals surface area contributed by atoms with Gasteiger partial charge in [-0.3, -0.25) is 0 Å². The zero-order valence-electron chi connectivity index (χ0n) is 32.9. The van der Waals surface area contributed by atoms with Crippen molar-refractivity contribution < 1.29 is 25.9 Å². The number of unbranched alkanes of at least 4 members (excludes halogenated alkanes) is 12. The molecule has 0 atom stereocenters. The second kappa shape index (κ2) is 24.9. The fraction of sp³-hybridized carbons (Fsp3) is 0.545. The molecular formula is C44H62CaO6S2. The third kappa shape index (κ3) is 15.2. The summed E-state index contributed by atoms with van der Waals surface area (Å²) in [6.07, 6.45) is 21.0. The molecule has 0 bridgehead atoms. The summed E-state index contributed by atoms with van der Waals surface area (Å²) in [5, 5.41) is 3.02. The van der Waals surface area contributed by atoms with Crippen LogP contribution in [-0.2, 0) is 45.9 Å². The molecule has 0 amide bonds. The first-order valence-corrected chi connectivity index (χ1v) is 22.8. The molecule has 4 aromatic rings. The van der Waals surface area contributed by atoms with Crippen LogP contribution in [-0.4, -0.2) is 63.7 Å². The Morgan fingerprint density at radius 3 is 0.925 bits per heavy atom. The maximum Gasteiger partial charge on any atom is 2.00 e. The molecule has 0 unspecified atom stereocenters. The summed E-state index contributed by atoms with van der Waals surface area (Å²) in [5.74, 6) is 0. The smallest absolute Gasteiger partial charge is 0.744 e. The van der Waals surface area contributed by atoms with Gasteiger partial charge in [0.15, 0.2) is 0 Å². The first-order valence-electron chi connectivity index (χ1n) is 20.0. The molecule has 6 nitrogen and oxygen atoms in total. The van der Waals surface area contributed by atoms with Gasteiger partial charge in [-0.2, -0.15) is 0 Å². The van der Waals surface area contributed by atoms with Crippen LogP contribution in [0, 0.1) is 0 Å².